The van der Waals surface area contributed by atoms with E-state index in [1.807, 2.05) is 27.7 Å². The van der Waals surface area contributed by atoms with E-state index in [1.165, 1.54) is 0 Å². The lowest BCUT2D eigenvalue weighted by molar-refractivity contribution is 0.207. The van der Waals surface area contributed by atoms with E-state index in [2.05, 4.69) is 10.5 Å². The Hall–Kier alpha value is -1.37. The molecule has 0 saturated carbocycles. The topological polar surface area (TPSA) is 75.4 Å². The molecular formula is C13H21N3O3S. The quantitative estimate of drug-likeness (QED) is 0.908. The van der Waals surface area contributed by atoms with Crippen molar-refractivity contribution in [1.29, 1.82) is 0 Å². The maximum Gasteiger partial charge on any atom is 0.323 e. The minimum atomic E-state index is -0.892. The molecule has 2 rings (SSSR count). The van der Waals surface area contributed by atoms with Crippen LogP contribution < -0.4 is 5.32 Å². The van der Waals surface area contributed by atoms with Crippen LogP contribution in [0.3, 0.4) is 0 Å². The summed E-state index contributed by atoms with van der Waals surface area (Å²) in [5.74, 6) is 1.89. The number of amides is 2. The second kappa shape index (κ2) is 5.55. The first kappa shape index (κ1) is 15.0. The Balaban J connectivity index is 1.99. The fraction of sp³-hybridized carbons (Fsp3) is 0.692. The van der Waals surface area contributed by atoms with Crippen LogP contribution in [0, 0.1) is 0 Å². The summed E-state index contributed by atoms with van der Waals surface area (Å²) in [6, 6.07) is 1.51. The molecule has 0 unspecified atom stereocenters. The predicted octanol–water partition coefficient (Wildman–Crippen LogP) is 2.17. The summed E-state index contributed by atoms with van der Waals surface area (Å²) in [5.41, 5.74) is 0. The Bertz CT molecular complexity index is 525. The van der Waals surface area contributed by atoms with Crippen LogP contribution in [0.25, 0.3) is 0 Å². The molecule has 0 aliphatic carbocycles. The van der Waals surface area contributed by atoms with E-state index < -0.39 is 10.8 Å². The summed E-state index contributed by atoms with van der Waals surface area (Å²) < 4.78 is 16.6. The molecular weight excluding hydrogens is 278 g/mol. The van der Waals surface area contributed by atoms with E-state index in [0.29, 0.717) is 24.7 Å². The largest absolute Gasteiger partial charge is 0.359 e. The number of aromatic nitrogens is 1. The maximum atomic E-state index is 12.2. The van der Waals surface area contributed by atoms with E-state index >= 15 is 0 Å². The normalized spacial score (nSPS) is 22.1. The summed E-state index contributed by atoms with van der Waals surface area (Å²) in [6.45, 7) is 8.78. The van der Waals surface area contributed by atoms with Crippen LogP contribution >= 0.6 is 0 Å². The van der Waals surface area contributed by atoms with E-state index in [-0.39, 0.29) is 16.7 Å². The zero-order valence-corrected chi connectivity index (χ0v) is 13.1. The summed E-state index contributed by atoms with van der Waals surface area (Å²) in [6.07, 6.45) is 0. The predicted molar refractivity (Wildman–Crippen MR) is 78.3 cm³/mol. The van der Waals surface area contributed by atoms with Gasteiger partial charge in [-0.2, -0.15) is 0 Å². The van der Waals surface area contributed by atoms with Gasteiger partial charge in [0.05, 0.1) is 4.75 Å². The molecule has 20 heavy (non-hydrogen) atoms. The average molecular weight is 299 g/mol. The van der Waals surface area contributed by atoms with Crippen molar-refractivity contribution < 1.29 is 13.5 Å². The monoisotopic (exact) mass is 299 g/mol. The first-order valence-corrected chi connectivity index (χ1v) is 8.02. The average Bonchev–Trinajstić information content (AvgIpc) is 2.81. The van der Waals surface area contributed by atoms with Crippen molar-refractivity contribution in [2.24, 2.45) is 0 Å². The lowest BCUT2D eigenvalue weighted by Gasteiger charge is -2.36. The van der Waals surface area contributed by atoms with Crippen LogP contribution in [-0.4, -0.2) is 43.9 Å². The molecule has 1 aliphatic rings. The molecule has 1 aromatic rings. The number of hydrogen-bond donors (Lipinski definition) is 1. The SMILES string of the molecule is CC(C)c1cc(NC(=O)N2CC[S@](=O)C(C)(C)C2)no1. The lowest BCUT2D eigenvalue weighted by Crippen LogP contribution is -2.53. The molecule has 1 N–H and O–H groups in total. The zero-order chi connectivity index (χ0) is 14.9. The van der Waals surface area contributed by atoms with Crippen LogP contribution in [0.1, 0.15) is 39.4 Å². The van der Waals surface area contributed by atoms with Crippen molar-refractivity contribution >= 4 is 22.6 Å². The minimum Gasteiger partial charge on any atom is -0.359 e. The molecule has 0 radical (unpaired) electrons. The molecule has 112 valence electrons. The van der Waals surface area contributed by atoms with Gasteiger partial charge in [0, 0.05) is 41.6 Å². The molecule has 0 aromatic carbocycles. The highest BCUT2D eigenvalue weighted by Crippen LogP contribution is 2.22. The van der Waals surface area contributed by atoms with Gasteiger partial charge in [-0.1, -0.05) is 19.0 Å². The summed E-state index contributed by atoms with van der Waals surface area (Å²) in [4.78, 5) is 13.8. The van der Waals surface area contributed by atoms with E-state index in [9.17, 15) is 9.00 Å². The molecule has 2 amide bonds. The van der Waals surface area contributed by atoms with Gasteiger partial charge in [0.1, 0.15) is 5.76 Å². The van der Waals surface area contributed by atoms with Gasteiger partial charge in [-0.3, -0.25) is 9.53 Å². The molecule has 6 nitrogen and oxygen atoms in total. The summed E-state index contributed by atoms with van der Waals surface area (Å²) in [7, 11) is -0.892. The number of urea groups is 1. The first-order valence-electron chi connectivity index (χ1n) is 6.70. The Kier molecular flexibility index (Phi) is 4.17. The number of nitrogens with zero attached hydrogens (tertiary/aromatic N) is 2. The Labute approximate surface area is 121 Å². The maximum absolute atomic E-state index is 12.2. The standard InChI is InChI=1S/C13H21N3O3S/c1-9(2)10-7-11(15-19-10)14-12(17)16-5-6-20(18)13(3,4)8-16/h7,9H,5-6,8H2,1-4H3,(H,14,15,17)/t20-/m0/s1. The second-order valence-electron chi connectivity index (χ2n) is 5.93. The lowest BCUT2D eigenvalue weighted by atomic mass is 10.2. The Morgan fingerprint density at radius 3 is 2.80 bits per heavy atom. The van der Waals surface area contributed by atoms with E-state index in [4.69, 9.17) is 4.52 Å². The van der Waals surface area contributed by atoms with Crippen molar-refractivity contribution in [3.8, 4) is 0 Å². The van der Waals surface area contributed by atoms with Gasteiger partial charge in [-0.15, -0.1) is 0 Å². The number of rotatable bonds is 2. The van der Waals surface area contributed by atoms with Crippen LogP contribution in [0.15, 0.2) is 10.6 Å². The molecule has 1 aromatic heterocycles. The van der Waals surface area contributed by atoms with Gasteiger partial charge in [0.15, 0.2) is 5.82 Å². The fourth-order valence-electron chi connectivity index (χ4n) is 2.06. The van der Waals surface area contributed by atoms with Crippen LogP contribution in [0.4, 0.5) is 10.6 Å². The highest BCUT2D eigenvalue weighted by molar-refractivity contribution is 7.86. The molecule has 1 saturated heterocycles. The zero-order valence-electron chi connectivity index (χ0n) is 12.3. The first-order chi connectivity index (χ1) is 9.29. The van der Waals surface area contributed by atoms with Crippen molar-refractivity contribution in [3.05, 3.63) is 11.8 Å². The Morgan fingerprint density at radius 1 is 1.55 bits per heavy atom. The number of anilines is 1. The summed E-state index contributed by atoms with van der Waals surface area (Å²) >= 11 is 0. The highest BCUT2D eigenvalue weighted by Gasteiger charge is 2.35. The molecule has 1 fully saturated rings. The third kappa shape index (κ3) is 3.20. The minimum absolute atomic E-state index is 0.224. The van der Waals surface area contributed by atoms with Gasteiger partial charge < -0.3 is 9.42 Å². The Morgan fingerprint density at radius 2 is 2.25 bits per heavy atom. The van der Waals surface area contributed by atoms with Crippen LogP contribution in [-0.2, 0) is 10.8 Å². The van der Waals surface area contributed by atoms with Gasteiger partial charge >= 0.3 is 6.03 Å². The van der Waals surface area contributed by atoms with Crippen molar-refractivity contribution in [1.82, 2.24) is 10.1 Å². The van der Waals surface area contributed by atoms with Gasteiger partial charge in [0.25, 0.3) is 0 Å². The van der Waals surface area contributed by atoms with Crippen molar-refractivity contribution in [2.45, 2.75) is 38.4 Å². The fourth-order valence-corrected chi connectivity index (χ4v) is 3.30. The molecule has 2 heterocycles. The van der Waals surface area contributed by atoms with Crippen molar-refractivity contribution in [3.63, 3.8) is 0 Å². The molecule has 7 heteroatoms. The highest BCUT2D eigenvalue weighted by atomic mass is 32.2. The molecule has 0 spiro atoms. The third-order valence-electron chi connectivity index (χ3n) is 3.35. The van der Waals surface area contributed by atoms with E-state index in [1.54, 1.807) is 11.0 Å². The van der Waals surface area contributed by atoms with Crippen LogP contribution in [0.2, 0.25) is 0 Å². The number of hydrogen-bond acceptors (Lipinski definition) is 4. The van der Waals surface area contributed by atoms with E-state index in [0.717, 1.165) is 5.76 Å². The third-order valence-corrected chi connectivity index (χ3v) is 5.27. The number of nitrogens with one attached hydrogen (secondary N) is 1. The van der Waals surface area contributed by atoms with Crippen molar-refractivity contribution in [2.75, 3.05) is 24.2 Å². The number of carbonyl (C=O) groups excluding carboxylic acids is 1. The van der Waals surface area contributed by atoms with Gasteiger partial charge in [0.2, 0.25) is 0 Å². The van der Waals surface area contributed by atoms with Crippen LogP contribution in [0.5, 0.6) is 0 Å². The van der Waals surface area contributed by atoms with Gasteiger partial charge in [-0.05, 0) is 13.8 Å². The second-order valence-corrected chi connectivity index (χ2v) is 8.13. The molecule has 1 atom stereocenters. The molecule has 0 bridgehead atoms. The number of carbonyl (C=O) groups is 1. The molecule has 1 aliphatic heterocycles. The van der Waals surface area contributed by atoms with Gasteiger partial charge in [-0.25, -0.2) is 4.79 Å². The smallest absolute Gasteiger partial charge is 0.323 e. The summed E-state index contributed by atoms with van der Waals surface area (Å²) in [5, 5.41) is 6.55.